The maximum atomic E-state index is 13.4. The summed E-state index contributed by atoms with van der Waals surface area (Å²) in [6.45, 7) is 1.82. The molecule has 0 bridgehead atoms. The second kappa shape index (κ2) is 5.77. The first kappa shape index (κ1) is 17.2. The average Bonchev–Trinajstić information content (AvgIpc) is 3.14. The molecule has 8 nitrogen and oxygen atoms in total. The van der Waals surface area contributed by atoms with Gasteiger partial charge in [-0.3, -0.25) is 4.57 Å². The van der Waals surface area contributed by atoms with Gasteiger partial charge in [0.1, 0.15) is 11.6 Å². The third-order valence-corrected chi connectivity index (χ3v) is 4.57. The molecule has 2 aromatic heterocycles. The number of benzene rings is 2. The van der Waals surface area contributed by atoms with E-state index >= 15 is 0 Å². The maximum absolute atomic E-state index is 13.4. The number of hydrogen-bond acceptors (Lipinski definition) is 7. The van der Waals surface area contributed by atoms with Crippen LogP contribution in [0.5, 0.6) is 11.5 Å². The number of nitrogen functional groups attached to an aromatic ring is 2. The Morgan fingerprint density at radius 1 is 0.966 bits per heavy atom. The molecular weight excluding hydrogens is 382 g/mol. The number of fused-ring (bicyclic) bond motifs is 2. The fourth-order valence-corrected chi connectivity index (χ4v) is 3.44. The normalized spacial score (nSPS) is 14.4. The summed E-state index contributed by atoms with van der Waals surface area (Å²) < 4.78 is 37.6. The van der Waals surface area contributed by atoms with Crippen LogP contribution in [0.1, 0.15) is 5.82 Å². The van der Waals surface area contributed by atoms with Crippen LogP contribution in [-0.2, 0) is 0 Å². The lowest BCUT2D eigenvalue weighted by atomic mass is 10.1. The van der Waals surface area contributed by atoms with Crippen molar-refractivity contribution in [1.82, 2.24) is 19.5 Å². The molecule has 0 unspecified atom stereocenters. The molecule has 4 aromatic rings. The van der Waals surface area contributed by atoms with E-state index in [1.807, 2.05) is 31.2 Å². The molecule has 0 spiro atoms. The first-order chi connectivity index (χ1) is 13.8. The lowest BCUT2D eigenvalue weighted by Crippen LogP contribution is -2.25. The number of nitrogens with two attached hydrogens (primary N) is 2. The Hall–Kier alpha value is -3.95. The number of nitrogens with zero attached hydrogens (tertiary/aromatic N) is 4. The van der Waals surface area contributed by atoms with Gasteiger partial charge in [0.25, 0.3) is 0 Å². The van der Waals surface area contributed by atoms with E-state index in [2.05, 4.69) is 24.4 Å². The summed E-state index contributed by atoms with van der Waals surface area (Å²) in [5, 5.41) is 0. The highest BCUT2D eigenvalue weighted by molar-refractivity contribution is 5.86. The monoisotopic (exact) mass is 396 g/mol. The SMILES string of the molecule is Cc1nc2ccccc2n1-c1nc(N)nc(N)c1-c1ccc2c(c1)OC(F)(F)O2. The van der Waals surface area contributed by atoms with Crippen molar-refractivity contribution in [2.45, 2.75) is 13.2 Å². The van der Waals surface area contributed by atoms with Crippen LogP contribution in [0.15, 0.2) is 42.5 Å². The van der Waals surface area contributed by atoms with E-state index in [0.717, 1.165) is 11.0 Å². The fraction of sp³-hybridized carbons (Fsp3) is 0.105. The molecule has 0 amide bonds. The standard InChI is InChI=1S/C19H14F2N6O2/c1-9-24-11-4-2-3-5-12(11)27(9)17-15(16(22)25-18(23)26-17)10-6-7-13-14(8-10)29-19(20,21)28-13/h2-8H,1H3,(H4,22,23,25,26). The van der Waals surface area contributed by atoms with Gasteiger partial charge in [0, 0.05) is 0 Å². The minimum atomic E-state index is -3.72. The number of para-hydroxylation sites is 2. The topological polar surface area (TPSA) is 114 Å². The van der Waals surface area contributed by atoms with Crippen molar-refractivity contribution in [2.75, 3.05) is 11.5 Å². The summed E-state index contributed by atoms with van der Waals surface area (Å²) in [6.07, 6.45) is -3.72. The fourth-order valence-electron chi connectivity index (χ4n) is 3.44. The molecule has 0 atom stereocenters. The Kier molecular flexibility index (Phi) is 3.42. The number of imidazole rings is 1. The third kappa shape index (κ3) is 2.68. The van der Waals surface area contributed by atoms with Crippen LogP contribution in [0.3, 0.4) is 0 Å². The second-order valence-corrected chi connectivity index (χ2v) is 6.48. The first-order valence-electron chi connectivity index (χ1n) is 8.60. The molecule has 4 N–H and O–H groups in total. The van der Waals surface area contributed by atoms with Crippen molar-refractivity contribution < 1.29 is 18.3 Å². The van der Waals surface area contributed by atoms with Crippen LogP contribution in [-0.4, -0.2) is 25.8 Å². The Balaban J connectivity index is 1.77. The van der Waals surface area contributed by atoms with Crippen molar-refractivity contribution >= 4 is 22.8 Å². The van der Waals surface area contributed by atoms with Crippen molar-refractivity contribution in [1.29, 1.82) is 0 Å². The lowest BCUT2D eigenvalue weighted by molar-refractivity contribution is -0.286. The van der Waals surface area contributed by atoms with E-state index in [1.54, 1.807) is 10.6 Å². The quantitative estimate of drug-likeness (QED) is 0.534. The molecule has 3 heterocycles. The van der Waals surface area contributed by atoms with Gasteiger partial charge < -0.3 is 20.9 Å². The molecule has 0 saturated carbocycles. The predicted molar refractivity (Wildman–Crippen MR) is 102 cm³/mol. The summed E-state index contributed by atoms with van der Waals surface area (Å²) in [5.74, 6) is 0.923. The minimum Gasteiger partial charge on any atom is -0.395 e. The molecular formula is C19H14F2N6O2. The van der Waals surface area contributed by atoms with E-state index in [4.69, 9.17) is 11.5 Å². The van der Waals surface area contributed by atoms with Gasteiger partial charge in [-0.25, -0.2) is 4.98 Å². The highest BCUT2D eigenvalue weighted by Gasteiger charge is 2.43. The minimum absolute atomic E-state index is 0.0225. The number of halogens is 2. The number of hydrogen-bond donors (Lipinski definition) is 2. The van der Waals surface area contributed by atoms with Gasteiger partial charge in [-0.1, -0.05) is 18.2 Å². The van der Waals surface area contributed by atoms with Crippen LogP contribution >= 0.6 is 0 Å². The highest BCUT2D eigenvalue weighted by Crippen LogP contribution is 2.44. The molecule has 0 radical (unpaired) electrons. The zero-order chi connectivity index (χ0) is 20.3. The smallest absolute Gasteiger partial charge is 0.395 e. The van der Waals surface area contributed by atoms with Crippen LogP contribution in [0.2, 0.25) is 0 Å². The van der Waals surface area contributed by atoms with Crippen LogP contribution in [0.25, 0.3) is 28.0 Å². The number of rotatable bonds is 2. The van der Waals surface area contributed by atoms with Crippen molar-refractivity contribution in [3.05, 3.63) is 48.3 Å². The molecule has 0 aliphatic carbocycles. The van der Waals surface area contributed by atoms with Gasteiger partial charge in [0.05, 0.1) is 16.6 Å². The zero-order valence-electron chi connectivity index (χ0n) is 15.1. The molecule has 29 heavy (non-hydrogen) atoms. The summed E-state index contributed by atoms with van der Waals surface area (Å²) >= 11 is 0. The first-order valence-corrected chi connectivity index (χ1v) is 8.60. The van der Waals surface area contributed by atoms with Crippen LogP contribution < -0.4 is 20.9 Å². The number of alkyl halides is 2. The summed E-state index contributed by atoms with van der Waals surface area (Å²) in [7, 11) is 0. The van der Waals surface area contributed by atoms with Crippen molar-refractivity contribution in [3.63, 3.8) is 0 Å². The van der Waals surface area contributed by atoms with Gasteiger partial charge in [0.2, 0.25) is 5.95 Å². The van der Waals surface area contributed by atoms with Crippen LogP contribution in [0, 0.1) is 6.92 Å². The van der Waals surface area contributed by atoms with Gasteiger partial charge in [-0.2, -0.15) is 9.97 Å². The van der Waals surface area contributed by atoms with Gasteiger partial charge in [0.15, 0.2) is 17.3 Å². The highest BCUT2D eigenvalue weighted by atomic mass is 19.3. The van der Waals surface area contributed by atoms with Crippen molar-refractivity contribution in [3.8, 4) is 28.4 Å². The number of ether oxygens (including phenoxy) is 2. The molecule has 1 aliphatic rings. The molecule has 0 fully saturated rings. The Morgan fingerprint density at radius 3 is 2.55 bits per heavy atom. The average molecular weight is 396 g/mol. The van der Waals surface area contributed by atoms with E-state index < -0.39 is 6.29 Å². The molecule has 5 rings (SSSR count). The largest absolute Gasteiger partial charge is 0.586 e. The molecule has 0 saturated heterocycles. The van der Waals surface area contributed by atoms with E-state index in [-0.39, 0.29) is 23.3 Å². The van der Waals surface area contributed by atoms with E-state index in [9.17, 15) is 8.78 Å². The molecule has 1 aliphatic heterocycles. The summed E-state index contributed by atoms with van der Waals surface area (Å²) in [6, 6.07) is 11.9. The molecule has 10 heteroatoms. The Labute approximate surface area is 162 Å². The maximum Gasteiger partial charge on any atom is 0.586 e. The predicted octanol–water partition coefficient (Wildman–Crippen LogP) is 3.28. The van der Waals surface area contributed by atoms with Gasteiger partial charge >= 0.3 is 6.29 Å². The zero-order valence-corrected chi connectivity index (χ0v) is 15.1. The Morgan fingerprint density at radius 2 is 1.72 bits per heavy atom. The summed E-state index contributed by atoms with van der Waals surface area (Å²) in [4.78, 5) is 13.0. The summed E-state index contributed by atoms with van der Waals surface area (Å²) in [5.41, 5.74) is 14.4. The van der Waals surface area contributed by atoms with Crippen molar-refractivity contribution in [2.24, 2.45) is 0 Å². The van der Waals surface area contributed by atoms with Gasteiger partial charge in [-0.15, -0.1) is 8.78 Å². The lowest BCUT2D eigenvalue weighted by Gasteiger charge is -2.15. The third-order valence-electron chi connectivity index (χ3n) is 4.57. The molecule has 146 valence electrons. The molecule has 2 aromatic carbocycles. The van der Waals surface area contributed by atoms with Gasteiger partial charge in [-0.05, 0) is 36.8 Å². The van der Waals surface area contributed by atoms with E-state index in [0.29, 0.717) is 22.8 Å². The van der Waals surface area contributed by atoms with E-state index in [1.165, 1.54) is 12.1 Å². The Bertz CT molecular complexity index is 1290. The number of anilines is 2. The second-order valence-electron chi connectivity index (χ2n) is 6.48. The van der Waals surface area contributed by atoms with Crippen LogP contribution in [0.4, 0.5) is 20.5 Å². The number of aryl methyl sites for hydroxylation is 1. The number of aromatic nitrogens is 4.